The SMILES string of the molecule is NCC1CCCC1NC(=O)c1ccc(=O)n(-c2ccc(F)cc2)n1. The van der Waals surface area contributed by atoms with Gasteiger partial charge in [0.2, 0.25) is 0 Å². The summed E-state index contributed by atoms with van der Waals surface area (Å²) in [4.78, 5) is 24.4. The molecule has 126 valence electrons. The molecule has 3 N–H and O–H groups in total. The molecule has 6 nitrogen and oxygen atoms in total. The first-order valence-corrected chi connectivity index (χ1v) is 7.96. The van der Waals surface area contributed by atoms with Gasteiger partial charge in [0, 0.05) is 12.1 Å². The van der Waals surface area contributed by atoms with Crippen molar-refractivity contribution in [1.82, 2.24) is 15.1 Å². The molecule has 2 unspecified atom stereocenters. The van der Waals surface area contributed by atoms with Crippen molar-refractivity contribution in [3.05, 3.63) is 58.3 Å². The van der Waals surface area contributed by atoms with Crippen molar-refractivity contribution in [3.63, 3.8) is 0 Å². The van der Waals surface area contributed by atoms with E-state index in [4.69, 9.17) is 5.73 Å². The van der Waals surface area contributed by atoms with Crippen molar-refractivity contribution >= 4 is 5.91 Å². The minimum atomic E-state index is -0.408. The van der Waals surface area contributed by atoms with Gasteiger partial charge in [-0.15, -0.1) is 0 Å². The Morgan fingerprint density at radius 1 is 1.25 bits per heavy atom. The predicted molar refractivity (Wildman–Crippen MR) is 87.4 cm³/mol. The number of carbonyl (C=O) groups excluding carboxylic acids is 1. The predicted octanol–water partition coefficient (Wildman–Crippen LogP) is 1.23. The molecule has 7 heteroatoms. The number of rotatable bonds is 4. The summed E-state index contributed by atoms with van der Waals surface area (Å²) < 4.78 is 14.1. The molecule has 2 atom stereocenters. The fraction of sp³-hybridized carbons (Fsp3) is 0.353. The van der Waals surface area contributed by atoms with Crippen molar-refractivity contribution in [2.24, 2.45) is 11.7 Å². The molecule has 1 aromatic carbocycles. The number of halogens is 1. The molecule has 1 aliphatic carbocycles. The van der Waals surface area contributed by atoms with Crippen molar-refractivity contribution in [3.8, 4) is 5.69 Å². The Balaban J connectivity index is 1.84. The molecular weight excluding hydrogens is 311 g/mol. The second kappa shape index (κ2) is 6.92. The van der Waals surface area contributed by atoms with Gasteiger partial charge in [-0.3, -0.25) is 9.59 Å². The molecule has 0 aliphatic heterocycles. The lowest BCUT2D eigenvalue weighted by atomic mass is 10.0. The van der Waals surface area contributed by atoms with Gasteiger partial charge in [0.1, 0.15) is 11.5 Å². The van der Waals surface area contributed by atoms with Gasteiger partial charge >= 0.3 is 0 Å². The summed E-state index contributed by atoms with van der Waals surface area (Å²) in [6, 6.07) is 8.06. The van der Waals surface area contributed by atoms with Crippen LogP contribution in [0.2, 0.25) is 0 Å². The van der Waals surface area contributed by atoms with Crippen LogP contribution in [-0.4, -0.2) is 28.3 Å². The number of aromatic nitrogens is 2. The number of carbonyl (C=O) groups is 1. The summed E-state index contributed by atoms with van der Waals surface area (Å²) in [6.07, 6.45) is 2.93. The third-order valence-corrected chi connectivity index (χ3v) is 4.38. The second-order valence-electron chi connectivity index (χ2n) is 5.95. The van der Waals surface area contributed by atoms with Gasteiger partial charge in [-0.2, -0.15) is 9.78 Å². The van der Waals surface area contributed by atoms with E-state index in [-0.39, 0.29) is 29.1 Å². The van der Waals surface area contributed by atoms with Gasteiger partial charge in [-0.1, -0.05) is 6.42 Å². The van der Waals surface area contributed by atoms with Crippen molar-refractivity contribution in [2.75, 3.05) is 6.54 Å². The number of nitrogens with zero attached hydrogens (tertiary/aromatic N) is 2. The highest BCUT2D eigenvalue weighted by molar-refractivity contribution is 5.92. The fourth-order valence-electron chi connectivity index (χ4n) is 3.05. The number of amides is 1. The highest BCUT2D eigenvalue weighted by Gasteiger charge is 2.28. The molecule has 1 heterocycles. The summed E-state index contributed by atoms with van der Waals surface area (Å²) in [5.74, 6) is -0.470. The highest BCUT2D eigenvalue weighted by atomic mass is 19.1. The lowest BCUT2D eigenvalue weighted by Gasteiger charge is -2.19. The number of nitrogens with two attached hydrogens (primary N) is 1. The lowest BCUT2D eigenvalue weighted by molar-refractivity contribution is 0.0922. The standard InChI is InChI=1S/C17H19FN4O2/c18-12-4-6-13(7-5-12)22-16(23)9-8-15(21-22)17(24)20-14-3-1-2-11(14)10-19/h4-9,11,14H,1-3,10,19H2,(H,20,24). The van der Waals surface area contributed by atoms with Crippen LogP contribution in [0.25, 0.3) is 5.69 Å². The Bertz CT molecular complexity index is 788. The molecule has 0 saturated heterocycles. The maximum absolute atomic E-state index is 13.0. The smallest absolute Gasteiger partial charge is 0.271 e. The maximum atomic E-state index is 13.0. The average molecular weight is 330 g/mol. The summed E-state index contributed by atoms with van der Waals surface area (Å²) in [5, 5.41) is 7.05. The van der Waals surface area contributed by atoms with E-state index in [1.165, 1.54) is 36.4 Å². The molecule has 1 aliphatic rings. The summed E-state index contributed by atoms with van der Waals surface area (Å²) >= 11 is 0. The molecule has 24 heavy (non-hydrogen) atoms. The Morgan fingerprint density at radius 2 is 2.00 bits per heavy atom. The van der Waals surface area contributed by atoms with Crippen molar-refractivity contribution in [1.29, 1.82) is 0 Å². The van der Waals surface area contributed by atoms with Crippen LogP contribution >= 0.6 is 0 Å². The minimum Gasteiger partial charge on any atom is -0.348 e. The first-order valence-electron chi connectivity index (χ1n) is 7.96. The van der Waals surface area contributed by atoms with Gasteiger partial charge in [0.05, 0.1) is 5.69 Å². The topological polar surface area (TPSA) is 90.0 Å². The quantitative estimate of drug-likeness (QED) is 0.882. The van der Waals surface area contributed by atoms with E-state index in [1.54, 1.807) is 0 Å². The van der Waals surface area contributed by atoms with Crippen LogP contribution in [-0.2, 0) is 0 Å². The van der Waals surface area contributed by atoms with E-state index in [9.17, 15) is 14.0 Å². The number of nitrogens with one attached hydrogen (secondary N) is 1. The van der Waals surface area contributed by atoms with E-state index >= 15 is 0 Å². The minimum absolute atomic E-state index is 0.0375. The van der Waals surface area contributed by atoms with Crippen LogP contribution in [0.3, 0.4) is 0 Å². The van der Waals surface area contributed by atoms with Crippen LogP contribution < -0.4 is 16.6 Å². The average Bonchev–Trinajstić information content (AvgIpc) is 3.03. The van der Waals surface area contributed by atoms with E-state index < -0.39 is 5.82 Å². The van der Waals surface area contributed by atoms with Gasteiger partial charge in [0.25, 0.3) is 11.5 Å². The zero-order valence-corrected chi connectivity index (χ0v) is 13.1. The Labute approximate surface area is 138 Å². The molecular formula is C17H19FN4O2. The van der Waals surface area contributed by atoms with E-state index in [1.807, 2.05) is 0 Å². The first kappa shape index (κ1) is 16.3. The normalized spacial score (nSPS) is 20.1. The molecule has 3 rings (SSSR count). The molecule has 1 saturated carbocycles. The van der Waals surface area contributed by atoms with Crippen LogP contribution in [0.15, 0.2) is 41.2 Å². The molecule has 1 amide bonds. The van der Waals surface area contributed by atoms with Gasteiger partial charge < -0.3 is 11.1 Å². The van der Waals surface area contributed by atoms with Gasteiger partial charge in [0.15, 0.2) is 0 Å². The first-order chi connectivity index (χ1) is 11.6. The second-order valence-corrected chi connectivity index (χ2v) is 5.95. The van der Waals surface area contributed by atoms with Gasteiger partial charge in [-0.05, 0) is 55.6 Å². The van der Waals surface area contributed by atoms with E-state index in [2.05, 4.69) is 10.4 Å². The Morgan fingerprint density at radius 3 is 2.71 bits per heavy atom. The molecule has 0 spiro atoms. The third-order valence-electron chi connectivity index (χ3n) is 4.38. The summed E-state index contributed by atoms with van der Waals surface area (Å²) in [5.41, 5.74) is 5.88. The van der Waals surface area contributed by atoms with Gasteiger partial charge in [-0.25, -0.2) is 4.39 Å². The van der Waals surface area contributed by atoms with Crippen LogP contribution in [0.5, 0.6) is 0 Å². The number of benzene rings is 1. The zero-order chi connectivity index (χ0) is 17.1. The van der Waals surface area contributed by atoms with Crippen LogP contribution in [0.1, 0.15) is 29.8 Å². The highest BCUT2D eigenvalue weighted by Crippen LogP contribution is 2.24. The maximum Gasteiger partial charge on any atom is 0.271 e. The van der Waals surface area contributed by atoms with E-state index in [0.29, 0.717) is 12.2 Å². The Kier molecular flexibility index (Phi) is 4.71. The Hall–Kier alpha value is -2.54. The molecule has 0 bridgehead atoms. The third kappa shape index (κ3) is 3.35. The van der Waals surface area contributed by atoms with Crippen LogP contribution in [0.4, 0.5) is 4.39 Å². The number of hydrogen-bond donors (Lipinski definition) is 2. The molecule has 2 aromatic rings. The lowest BCUT2D eigenvalue weighted by Crippen LogP contribution is -2.40. The number of hydrogen-bond acceptors (Lipinski definition) is 4. The largest absolute Gasteiger partial charge is 0.348 e. The monoisotopic (exact) mass is 330 g/mol. The molecule has 1 aromatic heterocycles. The summed E-state index contributed by atoms with van der Waals surface area (Å²) in [7, 11) is 0. The molecule has 0 radical (unpaired) electrons. The van der Waals surface area contributed by atoms with Crippen molar-refractivity contribution in [2.45, 2.75) is 25.3 Å². The molecule has 1 fully saturated rings. The fourth-order valence-corrected chi connectivity index (χ4v) is 3.05. The van der Waals surface area contributed by atoms with E-state index in [0.717, 1.165) is 23.9 Å². The zero-order valence-electron chi connectivity index (χ0n) is 13.1. The van der Waals surface area contributed by atoms with Crippen LogP contribution in [0, 0.1) is 11.7 Å². The summed E-state index contributed by atoms with van der Waals surface area (Å²) in [6.45, 7) is 0.535. The van der Waals surface area contributed by atoms with Crippen molar-refractivity contribution < 1.29 is 9.18 Å².